The molecule has 0 radical (unpaired) electrons. The number of hydrogen-bond donors (Lipinski definition) is 0. The number of hydrogen-bond acceptors (Lipinski definition) is 0. The number of aryl methyl sites for hydroxylation is 1. The molecule has 0 amide bonds. The van der Waals surface area contributed by atoms with E-state index in [2.05, 4.69) is 51.6 Å². The molecule has 0 saturated heterocycles. The first-order valence-electron chi connectivity index (χ1n) is 9.40. The number of rotatable bonds is 7. The van der Waals surface area contributed by atoms with Crippen molar-refractivity contribution in [1.29, 1.82) is 0 Å². The Balaban J connectivity index is 1.85. The standard InChI is InChI=1S/C22H34/c1-5-7-20-8-10-21(11-9-20)16-17(3)18(4)22-14-12-19(6-2)13-15-22/h8-11,17,19,22H,4-7,12-16H2,1-3H3. The summed E-state index contributed by atoms with van der Waals surface area (Å²) in [4.78, 5) is 0. The van der Waals surface area contributed by atoms with E-state index in [-0.39, 0.29) is 0 Å². The molecule has 0 heteroatoms. The van der Waals surface area contributed by atoms with Crippen LogP contribution in [-0.2, 0) is 12.8 Å². The van der Waals surface area contributed by atoms with E-state index >= 15 is 0 Å². The molecule has 0 bridgehead atoms. The summed E-state index contributed by atoms with van der Waals surface area (Å²) >= 11 is 0. The number of allylic oxidation sites excluding steroid dienone is 1. The van der Waals surface area contributed by atoms with Crippen LogP contribution in [0.2, 0.25) is 0 Å². The third kappa shape index (κ3) is 4.73. The molecule has 1 saturated carbocycles. The van der Waals surface area contributed by atoms with E-state index < -0.39 is 0 Å². The highest BCUT2D eigenvalue weighted by Gasteiger charge is 2.24. The lowest BCUT2D eigenvalue weighted by atomic mass is 9.74. The summed E-state index contributed by atoms with van der Waals surface area (Å²) in [7, 11) is 0. The maximum Gasteiger partial charge on any atom is -0.0191 e. The van der Waals surface area contributed by atoms with Gasteiger partial charge >= 0.3 is 0 Å². The molecular formula is C22H34. The molecule has 0 nitrogen and oxygen atoms in total. The van der Waals surface area contributed by atoms with Gasteiger partial charge in [0.1, 0.15) is 0 Å². The van der Waals surface area contributed by atoms with E-state index in [0.29, 0.717) is 5.92 Å². The lowest BCUT2D eigenvalue weighted by molar-refractivity contribution is 0.284. The molecule has 1 aromatic carbocycles. The SMILES string of the molecule is C=C(C(C)Cc1ccc(CCC)cc1)C1CCC(CC)CC1. The van der Waals surface area contributed by atoms with Crippen LogP contribution in [0.5, 0.6) is 0 Å². The third-order valence-electron chi connectivity index (χ3n) is 5.68. The maximum atomic E-state index is 4.47. The maximum absolute atomic E-state index is 4.47. The van der Waals surface area contributed by atoms with Gasteiger partial charge in [-0.25, -0.2) is 0 Å². The summed E-state index contributed by atoms with van der Waals surface area (Å²) in [6.07, 6.45) is 10.5. The van der Waals surface area contributed by atoms with Crippen LogP contribution in [0.3, 0.4) is 0 Å². The fourth-order valence-electron chi connectivity index (χ4n) is 3.96. The molecule has 0 aromatic heterocycles. The average Bonchev–Trinajstić information content (AvgIpc) is 2.56. The van der Waals surface area contributed by atoms with Gasteiger partial charge in [-0.3, -0.25) is 0 Å². The highest BCUT2D eigenvalue weighted by molar-refractivity contribution is 5.24. The Morgan fingerprint density at radius 1 is 1.05 bits per heavy atom. The van der Waals surface area contributed by atoms with Gasteiger partial charge in [0.15, 0.2) is 0 Å². The molecule has 1 atom stereocenters. The highest BCUT2D eigenvalue weighted by atomic mass is 14.3. The van der Waals surface area contributed by atoms with E-state index in [0.717, 1.165) is 18.3 Å². The van der Waals surface area contributed by atoms with Crippen LogP contribution in [-0.4, -0.2) is 0 Å². The number of benzene rings is 1. The van der Waals surface area contributed by atoms with Gasteiger partial charge in [-0.15, -0.1) is 0 Å². The van der Waals surface area contributed by atoms with Crippen molar-refractivity contribution < 1.29 is 0 Å². The van der Waals surface area contributed by atoms with Crippen molar-refractivity contribution in [1.82, 2.24) is 0 Å². The van der Waals surface area contributed by atoms with Gasteiger partial charge in [-0.05, 0) is 67.4 Å². The molecule has 0 spiro atoms. The second-order valence-electron chi connectivity index (χ2n) is 7.37. The van der Waals surface area contributed by atoms with Crippen LogP contribution in [0, 0.1) is 17.8 Å². The van der Waals surface area contributed by atoms with Crippen LogP contribution < -0.4 is 0 Å². The van der Waals surface area contributed by atoms with Crippen molar-refractivity contribution in [2.24, 2.45) is 17.8 Å². The largest absolute Gasteiger partial charge is 0.0993 e. The van der Waals surface area contributed by atoms with Crippen molar-refractivity contribution in [3.8, 4) is 0 Å². The van der Waals surface area contributed by atoms with E-state index in [4.69, 9.17) is 0 Å². The molecule has 1 aliphatic carbocycles. The second-order valence-corrected chi connectivity index (χ2v) is 7.37. The fraction of sp³-hybridized carbons (Fsp3) is 0.636. The lowest BCUT2D eigenvalue weighted by Crippen LogP contribution is -2.19. The predicted octanol–water partition coefficient (Wildman–Crippen LogP) is 6.59. The average molecular weight is 299 g/mol. The van der Waals surface area contributed by atoms with Crippen LogP contribution in [0.4, 0.5) is 0 Å². The summed E-state index contributed by atoms with van der Waals surface area (Å²) in [5.41, 5.74) is 4.44. The molecule has 1 aromatic rings. The van der Waals surface area contributed by atoms with E-state index in [9.17, 15) is 0 Å². The fourth-order valence-corrected chi connectivity index (χ4v) is 3.96. The van der Waals surface area contributed by atoms with E-state index in [1.165, 1.54) is 61.6 Å². The van der Waals surface area contributed by atoms with Crippen molar-refractivity contribution >= 4 is 0 Å². The molecule has 0 heterocycles. The Morgan fingerprint density at radius 2 is 1.64 bits per heavy atom. The predicted molar refractivity (Wildman–Crippen MR) is 98.2 cm³/mol. The lowest BCUT2D eigenvalue weighted by Gasteiger charge is -2.31. The van der Waals surface area contributed by atoms with Crippen molar-refractivity contribution in [2.75, 3.05) is 0 Å². The molecule has 2 rings (SSSR count). The Morgan fingerprint density at radius 3 is 2.18 bits per heavy atom. The zero-order valence-electron chi connectivity index (χ0n) is 14.9. The smallest absolute Gasteiger partial charge is 0.0191 e. The summed E-state index contributed by atoms with van der Waals surface area (Å²) in [6.45, 7) is 11.4. The van der Waals surface area contributed by atoms with Gasteiger partial charge in [0.05, 0.1) is 0 Å². The Kier molecular flexibility index (Phi) is 6.73. The van der Waals surface area contributed by atoms with Gasteiger partial charge in [-0.1, -0.05) is 70.0 Å². The first-order chi connectivity index (χ1) is 10.6. The minimum absolute atomic E-state index is 0.611. The third-order valence-corrected chi connectivity index (χ3v) is 5.68. The quantitative estimate of drug-likeness (QED) is 0.498. The minimum atomic E-state index is 0.611. The second kappa shape index (κ2) is 8.56. The Bertz CT molecular complexity index is 445. The van der Waals surface area contributed by atoms with Crippen molar-refractivity contribution in [2.45, 2.75) is 72.1 Å². The van der Waals surface area contributed by atoms with E-state index in [1.54, 1.807) is 0 Å². The molecule has 122 valence electrons. The van der Waals surface area contributed by atoms with Gasteiger partial charge in [0, 0.05) is 0 Å². The Labute approximate surface area is 138 Å². The summed E-state index contributed by atoms with van der Waals surface area (Å²) < 4.78 is 0. The monoisotopic (exact) mass is 298 g/mol. The van der Waals surface area contributed by atoms with Crippen molar-refractivity contribution in [3.63, 3.8) is 0 Å². The van der Waals surface area contributed by atoms with E-state index in [1.807, 2.05) is 0 Å². The zero-order chi connectivity index (χ0) is 15.9. The van der Waals surface area contributed by atoms with Gasteiger partial charge in [-0.2, -0.15) is 0 Å². The minimum Gasteiger partial charge on any atom is -0.0993 e. The molecule has 0 N–H and O–H groups in total. The molecule has 1 fully saturated rings. The summed E-state index contributed by atoms with van der Waals surface area (Å²) in [5.74, 6) is 2.36. The van der Waals surface area contributed by atoms with Gasteiger partial charge in [0.25, 0.3) is 0 Å². The normalized spacial score (nSPS) is 23.2. The molecule has 22 heavy (non-hydrogen) atoms. The topological polar surface area (TPSA) is 0 Å². The first kappa shape index (κ1) is 17.3. The van der Waals surface area contributed by atoms with Crippen LogP contribution in [0.1, 0.15) is 70.4 Å². The summed E-state index contributed by atoms with van der Waals surface area (Å²) in [6, 6.07) is 9.26. The van der Waals surface area contributed by atoms with Gasteiger partial charge < -0.3 is 0 Å². The zero-order valence-corrected chi connectivity index (χ0v) is 14.9. The summed E-state index contributed by atoms with van der Waals surface area (Å²) in [5, 5.41) is 0. The molecule has 1 unspecified atom stereocenters. The first-order valence-corrected chi connectivity index (χ1v) is 9.40. The van der Waals surface area contributed by atoms with Crippen LogP contribution in [0.25, 0.3) is 0 Å². The molecule has 1 aliphatic rings. The highest BCUT2D eigenvalue weighted by Crippen LogP contribution is 2.37. The van der Waals surface area contributed by atoms with Crippen LogP contribution in [0.15, 0.2) is 36.4 Å². The molecular weight excluding hydrogens is 264 g/mol. The molecule has 0 aliphatic heterocycles. The van der Waals surface area contributed by atoms with Crippen LogP contribution >= 0.6 is 0 Å². The Hall–Kier alpha value is -1.04. The van der Waals surface area contributed by atoms with Crippen molar-refractivity contribution in [3.05, 3.63) is 47.5 Å². The van der Waals surface area contributed by atoms with Gasteiger partial charge in [0.2, 0.25) is 0 Å².